The first-order valence-electron chi connectivity index (χ1n) is 6.28. The minimum Gasteiger partial charge on any atom is -0.373 e. The fourth-order valence-corrected chi connectivity index (χ4v) is 2.18. The zero-order valence-corrected chi connectivity index (χ0v) is 11.2. The second-order valence-corrected chi connectivity index (χ2v) is 4.70. The molecule has 1 unspecified atom stereocenters. The Bertz CT molecular complexity index is 701. The predicted octanol–water partition coefficient (Wildman–Crippen LogP) is 0.576. The Morgan fingerprint density at radius 1 is 1.38 bits per heavy atom. The van der Waals surface area contributed by atoms with Gasteiger partial charge in [0.2, 0.25) is 5.91 Å². The van der Waals surface area contributed by atoms with E-state index < -0.39 is 11.9 Å². The van der Waals surface area contributed by atoms with Gasteiger partial charge >= 0.3 is 0 Å². The Kier molecular flexibility index (Phi) is 3.13. The normalized spacial score (nSPS) is 18.4. The molecule has 108 valence electrons. The van der Waals surface area contributed by atoms with Crippen LogP contribution in [0, 0.1) is 5.82 Å². The standard InChI is InChI=1S/C13H12FN5O2/c1-18-12(20)5-10(13(18)21)17-8-2-3-11(9(14)4-8)19-7-15-6-16-19/h2-4,6-7,10,17H,5H2,1H3. The summed E-state index contributed by atoms with van der Waals surface area (Å²) < 4.78 is 15.3. The average molecular weight is 289 g/mol. The fraction of sp³-hybridized carbons (Fsp3) is 0.231. The fourth-order valence-electron chi connectivity index (χ4n) is 2.18. The van der Waals surface area contributed by atoms with Gasteiger partial charge in [0, 0.05) is 12.7 Å². The lowest BCUT2D eigenvalue weighted by atomic mass is 10.2. The third kappa shape index (κ3) is 2.35. The summed E-state index contributed by atoms with van der Waals surface area (Å²) in [4.78, 5) is 28.0. The predicted molar refractivity (Wildman–Crippen MR) is 71.1 cm³/mol. The average Bonchev–Trinajstić information content (AvgIpc) is 3.05. The van der Waals surface area contributed by atoms with Gasteiger partial charge in [0.25, 0.3) is 5.91 Å². The summed E-state index contributed by atoms with van der Waals surface area (Å²) in [5.41, 5.74) is 0.682. The van der Waals surface area contributed by atoms with E-state index in [1.54, 1.807) is 6.07 Å². The van der Waals surface area contributed by atoms with Gasteiger partial charge in [-0.25, -0.2) is 14.1 Å². The van der Waals surface area contributed by atoms with Crippen LogP contribution < -0.4 is 5.32 Å². The lowest BCUT2D eigenvalue weighted by Gasteiger charge is -2.13. The number of nitrogens with one attached hydrogen (secondary N) is 1. The zero-order chi connectivity index (χ0) is 15.0. The van der Waals surface area contributed by atoms with Gasteiger partial charge in [-0.1, -0.05) is 0 Å². The monoisotopic (exact) mass is 289 g/mol. The Morgan fingerprint density at radius 2 is 2.19 bits per heavy atom. The van der Waals surface area contributed by atoms with E-state index in [2.05, 4.69) is 15.4 Å². The molecule has 0 radical (unpaired) electrons. The molecule has 0 aliphatic carbocycles. The number of imide groups is 1. The van der Waals surface area contributed by atoms with Gasteiger partial charge in [-0.05, 0) is 18.2 Å². The van der Waals surface area contributed by atoms with Gasteiger partial charge in [-0.2, -0.15) is 5.10 Å². The van der Waals surface area contributed by atoms with Crippen molar-refractivity contribution in [3.05, 3.63) is 36.7 Å². The minimum absolute atomic E-state index is 0.0712. The van der Waals surface area contributed by atoms with Crippen LogP contribution in [0.4, 0.5) is 10.1 Å². The molecular weight excluding hydrogens is 277 g/mol. The van der Waals surface area contributed by atoms with Crippen molar-refractivity contribution in [2.45, 2.75) is 12.5 Å². The van der Waals surface area contributed by atoms with Gasteiger partial charge in [0.15, 0.2) is 5.82 Å². The molecule has 1 aliphatic heterocycles. The SMILES string of the molecule is CN1C(=O)CC(Nc2ccc(-n3cncn3)c(F)c2)C1=O. The minimum atomic E-state index is -0.654. The van der Waals surface area contributed by atoms with Gasteiger partial charge < -0.3 is 5.32 Å². The highest BCUT2D eigenvalue weighted by Crippen LogP contribution is 2.21. The van der Waals surface area contributed by atoms with Gasteiger partial charge in [0.05, 0.1) is 6.42 Å². The summed E-state index contributed by atoms with van der Waals surface area (Å²) in [6.45, 7) is 0. The van der Waals surface area contributed by atoms with Crippen LogP contribution in [0.25, 0.3) is 5.69 Å². The van der Waals surface area contributed by atoms with Crippen LogP contribution in [-0.4, -0.2) is 44.6 Å². The quantitative estimate of drug-likeness (QED) is 0.836. The number of hydrogen-bond acceptors (Lipinski definition) is 5. The number of likely N-dealkylation sites (N-methyl/N-ethyl adjacent to an activating group) is 1. The highest BCUT2D eigenvalue weighted by molar-refractivity contribution is 6.06. The maximum atomic E-state index is 14.0. The highest BCUT2D eigenvalue weighted by atomic mass is 19.1. The van der Waals surface area contributed by atoms with E-state index in [0.29, 0.717) is 5.69 Å². The van der Waals surface area contributed by atoms with Crippen molar-refractivity contribution >= 4 is 17.5 Å². The summed E-state index contributed by atoms with van der Waals surface area (Å²) in [5.74, 6) is -1.08. The van der Waals surface area contributed by atoms with Crippen LogP contribution >= 0.6 is 0 Å². The van der Waals surface area contributed by atoms with Crippen molar-refractivity contribution in [2.24, 2.45) is 0 Å². The Labute approximate surface area is 119 Å². The molecule has 2 heterocycles. The number of anilines is 1. The summed E-state index contributed by atoms with van der Waals surface area (Å²) in [6.07, 6.45) is 2.77. The molecule has 1 saturated heterocycles. The molecule has 1 aliphatic rings. The van der Waals surface area contributed by atoms with Crippen LogP contribution in [0.3, 0.4) is 0 Å². The lowest BCUT2D eigenvalue weighted by Crippen LogP contribution is -2.31. The number of benzene rings is 1. The van der Waals surface area contributed by atoms with E-state index in [4.69, 9.17) is 0 Å². The molecule has 21 heavy (non-hydrogen) atoms. The smallest absolute Gasteiger partial charge is 0.251 e. The van der Waals surface area contributed by atoms with Crippen molar-refractivity contribution in [1.29, 1.82) is 0 Å². The molecule has 1 aromatic carbocycles. The van der Waals surface area contributed by atoms with Crippen molar-refractivity contribution in [3.63, 3.8) is 0 Å². The Balaban J connectivity index is 1.80. The van der Waals surface area contributed by atoms with Crippen LogP contribution in [0.2, 0.25) is 0 Å². The summed E-state index contributed by atoms with van der Waals surface area (Å²) in [5, 5.41) is 6.72. The van der Waals surface area contributed by atoms with Crippen LogP contribution in [0.15, 0.2) is 30.9 Å². The van der Waals surface area contributed by atoms with E-state index in [-0.39, 0.29) is 23.9 Å². The third-order valence-corrected chi connectivity index (χ3v) is 3.34. The van der Waals surface area contributed by atoms with Crippen molar-refractivity contribution < 1.29 is 14.0 Å². The molecule has 0 bridgehead atoms. The van der Waals surface area contributed by atoms with Gasteiger partial charge in [-0.15, -0.1) is 0 Å². The summed E-state index contributed by atoms with van der Waals surface area (Å²) >= 11 is 0. The maximum absolute atomic E-state index is 14.0. The third-order valence-electron chi connectivity index (χ3n) is 3.34. The number of aromatic nitrogens is 3. The number of carbonyl (C=O) groups excluding carboxylic acids is 2. The van der Waals surface area contributed by atoms with Crippen LogP contribution in [-0.2, 0) is 9.59 Å². The first-order valence-corrected chi connectivity index (χ1v) is 6.28. The van der Waals surface area contributed by atoms with Gasteiger partial charge in [0.1, 0.15) is 24.4 Å². The second kappa shape index (κ2) is 4.97. The summed E-state index contributed by atoms with van der Waals surface area (Å²) in [6, 6.07) is 3.75. The van der Waals surface area contributed by atoms with E-state index in [1.165, 1.54) is 36.5 Å². The molecule has 1 N–H and O–H groups in total. The number of hydrogen-bond donors (Lipinski definition) is 1. The molecule has 0 saturated carbocycles. The molecular formula is C13H12FN5O2. The first kappa shape index (κ1) is 13.2. The largest absolute Gasteiger partial charge is 0.373 e. The number of rotatable bonds is 3. The van der Waals surface area contributed by atoms with Crippen LogP contribution in [0.5, 0.6) is 0 Å². The molecule has 2 amide bonds. The molecule has 3 rings (SSSR count). The topological polar surface area (TPSA) is 80.1 Å². The van der Waals surface area contributed by atoms with Crippen molar-refractivity contribution in [1.82, 2.24) is 19.7 Å². The maximum Gasteiger partial charge on any atom is 0.251 e. The van der Waals surface area contributed by atoms with Crippen molar-refractivity contribution in [2.75, 3.05) is 12.4 Å². The Hall–Kier alpha value is -2.77. The lowest BCUT2D eigenvalue weighted by molar-refractivity contribution is -0.136. The molecule has 2 aromatic rings. The number of amides is 2. The molecule has 1 fully saturated rings. The number of nitrogens with zero attached hydrogens (tertiary/aromatic N) is 4. The molecule has 8 heteroatoms. The number of halogens is 1. The van der Waals surface area contributed by atoms with Gasteiger partial charge in [-0.3, -0.25) is 14.5 Å². The zero-order valence-electron chi connectivity index (χ0n) is 11.2. The molecule has 1 atom stereocenters. The second-order valence-electron chi connectivity index (χ2n) is 4.70. The van der Waals surface area contributed by atoms with Crippen molar-refractivity contribution in [3.8, 4) is 5.69 Å². The molecule has 1 aromatic heterocycles. The van der Waals surface area contributed by atoms with Crippen LogP contribution in [0.1, 0.15) is 6.42 Å². The molecule has 0 spiro atoms. The number of carbonyl (C=O) groups is 2. The Morgan fingerprint density at radius 3 is 2.76 bits per heavy atom. The van der Waals surface area contributed by atoms with E-state index >= 15 is 0 Å². The van der Waals surface area contributed by atoms with E-state index in [1.807, 2.05) is 0 Å². The summed E-state index contributed by atoms with van der Waals surface area (Å²) in [7, 11) is 1.43. The highest BCUT2D eigenvalue weighted by Gasteiger charge is 2.35. The van der Waals surface area contributed by atoms with E-state index in [9.17, 15) is 14.0 Å². The number of likely N-dealkylation sites (tertiary alicyclic amines) is 1. The first-order chi connectivity index (χ1) is 10.1. The molecule has 7 nitrogen and oxygen atoms in total. The van der Waals surface area contributed by atoms with E-state index in [0.717, 1.165) is 4.90 Å².